The Balaban J connectivity index is 1.71. The zero-order chi connectivity index (χ0) is 17.6. The van der Waals surface area contributed by atoms with E-state index in [9.17, 15) is 0 Å². The first-order valence-corrected chi connectivity index (χ1v) is 8.30. The summed E-state index contributed by atoms with van der Waals surface area (Å²) in [4.78, 5) is 8.56. The number of ether oxygens (including phenoxy) is 1. The van der Waals surface area contributed by atoms with Crippen LogP contribution in [0.25, 0.3) is 0 Å². The molecule has 5 heteroatoms. The van der Waals surface area contributed by atoms with Crippen molar-refractivity contribution in [3.63, 3.8) is 0 Å². The number of hydrogen-bond acceptors (Lipinski definition) is 5. The van der Waals surface area contributed by atoms with Crippen LogP contribution in [0.3, 0.4) is 0 Å². The van der Waals surface area contributed by atoms with E-state index in [-0.39, 0.29) is 0 Å². The van der Waals surface area contributed by atoms with Gasteiger partial charge in [0.2, 0.25) is 0 Å². The molecule has 1 heterocycles. The van der Waals surface area contributed by atoms with Crippen LogP contribution >= 0.6 is 0 Å². The van der Waals surface area contributed by atoms with Crippen LogP contribution in [0.2, 0.25) is 0 Å². The lowest BCUT2D eigenvalue weighted by Gasteiger charge is -2.10. The third kappa shape index (κ3) is 4.47. The smallest absolute Gasteiger partial charge is 0.135 e. The van der Waals surface area contributed by atoms with Crippen molar-refractivity contribution in [2.24, 2.45) is 0 Å². The van der Waals surface area contributed by atoms with Crippen LogP contribution in [-0.2, 0) is 0 Å². The second-order valence-corrected chi connectivity index (χ2v) is 5.79. The predicted octanol–water partition coefficient (Wildman–Crippen LogP) is 4.98. The monoisotopic (exact) mass is 334 g/mol. The fourth-order valence-electron chi connectivity index (χ4n) is 2.41. The number of aromatic nitrogens is 2. The molecule has 3 aromatic rings. The molecule has 5 nitrogen and oxygen atoms in total. The minimum atomic E-state index is 0.659. The van der Waals surface area contributed by atoms with Gasteiger partial charge in [-0.05, 0) is 68.3 Å². The van der Waals surface area contributed by atoms with E-state index in [1.807, 2.05) is 43.3 Å². The van der Waals surface area contributed by atoms with Gasteiger partial charge >= 0.3 is 0 Å². The number of nitrogens with one attached hydrogen (secondary N) is 2. The summed E-state index contributed by atoms with van der Waals surface area (Å²) in [5.41, 5.74) is 4.46. The Morgan fingerprint density at radius 3 is 2.08 bits per heavy atom. The second kappa shape index (κ2) is 7.66. The highest BCUT2D eigenvalue weighted by Gasteiger charge is 2.02. The van der Waals surface area contributed by atoms with Gasteiger partial charge in [-0.1, -0.05) is 6.07 Å². The van der Waals surface area contributed by atoms with Crippen LogP contribution in [0.15, 0.2) is 54.9 Å². The lowest BCUT2D eigenvalue weighted by molar-refractivity contribution is 0.340. The molecule has 0 aliphatic carbocycles. The minimum Gasteiger partial charge on any atom is -0.494 e. The van der Waals surface area contributed by atoms with Gasteiger partial charge in [-0.15, -0.1) is 0 Å². The Kier molecular flexibility index (Phi) is 5.14. The SMILES string of the molecule is CCOc1ccc(Nc2cc(Nc3ccc(C)c(C)c3)ncn2)cc1. The molecule has 0 aliphatic heterocycles. The molecule has 0 unspecified atom stereocenters. The first kappa shape index (κ1) is 16.8. The summed E-state index contributed by atoms with van der Waals surface area (Å²) < 4.78 is 5.45. The molecule has 0 amide bonds. The first-order valence-electron chi connectivity index (χ1n) is 8.30. The molecule has 0 atom stereocenters. The molecule has 0 saturated carbocycles. The van der Waals surface area contributed by atoms with Gasteiger partial charge in [-0.2, -0.15) is 0 Å². The van der Waals surface area contributed by atoms with Crippen LogP contribution < -0.4 is 15.4 Å². The van der Waals surface area contributed by atoms with Gasteiger partial charge in [0.25, 0.3) is 0 Å². The van der Waals surface area contributed by atoms with E-state index in [1.54, 1.807) is 6.33 Å². The van der Waals surface area contributed by atoms with Crippen molar-refractivity contribution in [2.75, 3.05) is 17.2 Å². The molecular weight excluding hydrogens is 312 g/mol. The van der Waals surface area contributed by atoms with E-state index in [0.29, 0.717) is 6.61 Å². The van der Waals surface area contributed by atoms with Crippen LogP contribution in [-0.4, -0.2) is 16.6 Å². The highest BCUT2D eigenvalue weighted by atomic mass is 16.5. The van der Waals surface area contributed by atoms with Crippen molar-refractivity contribution in [2.45, 2.75) is 20.8 Å². The Hall–Kier alpha value is -3.08. The van der Waals surface area contributed by atoms with Crippen molar-refractivity contribution >= 4 is 23.0 Å². The summed E-state index contributed by atoms with van der Waals surface area (Å²) in [5.74, 6) is 2.32. The fraction of sp³-hybridized carbons (Fsp3) is 0.200. The van der Waals surface area contributed by atoms with Crippen molar-refractivity contribution < 1.29 is 4.74 Å². The van der Waals surface area contributed by atoms with Crippen LogP contribution in [0, 0.1) is 13.8 Å². The van der Waals surface area contributed by atoms with E-state index in [2.05, 4.69) is 46.6 Å². The maximum absolute atomic E-state index is 5.45. The van der Waals surface area contributed by atoms with E-state index in [1.165, 1.54) is 11.1 Å². The number of hydrogen-bond donors (Lipinski definition) is 2. The van der Waals surface area contributed by atoms with Crippen LogP contribution in [0.1, 0.15) is 18.1 Å². The zero-order valence-corrected chi connectivity index (χ0v) is 14.7. The third-order valence-corrected chi connectivity index (χ3v) is 3.88. The van der Waals surface area contributed by atoms with Crippen molar-refractivity contribution in [1.82, 2.24) is 9.97 Å². The highest BCUT2D eigenvalue weighted by Crippen LogP contribution is 2.22. The van der Waals surface area contributed by atoms with Crippen LogP contribution in [0.5, 0.6) is 5.75 Å². The number of aryl methyl sites for hydroxylation is 2. The van der Waals surface area contributed by atoms with E-state index < -0.39 is 0 Å². The topological polar surface area (TPSA) is 59.1 Å². The van der Waals surface area contributed by atoms with Gasteiger partial charge in [0, 0.05) is 17.4 Å². The summed E-state index contributed by atoms with van der Waals surface area (Å²) in [5, 5.41) is 6.59. The molecule has 2 N–H and O–H groups in total. The van der Waals surface area contributed by atoms with Crippen molar-refractivity contribution in [3.05, 3.63) is 66.0 Å². The fourth-order valence-corrected chi connectivity index (χ4v) is 2.41. The molecule has 3 rings (SSSR count). The van der Waals surface area contributed by atoms with Gasteiger partial charge in [0.15, 0.2) is 0 Å². The summed E-state index contributed by atoms with van der Waals surface area (Å²) in [6, 6.07) is 15.9. The van der Waals surface area contributed by atoms with Gasteiger partial charge in [-0.3, -0.25) is 0 Å². The molecular formula is C20H22N4O. The maximum Gasteiger partial charge on any atom is 0.135 e. The molecule has 0 radical (unpaired) electrons. The predicted molar refractivity (Wildman–Crippen MR) is 102 cm³/mol. The third-order valence-electron chi connectivity index (χ3n) is 3.88. The maximum atomic E-state index is 5.45. The van der Waals surface area contributed by atoms with E-state index >= 15 is 0 Å². The standard InChI is InChI=1S/C20H22N4O/c1-4-25-18-9-7-16(8-10-18)23-19-12-20(22-13-21-19)24-17-6-5-14(2)15(3)11-17/h5-13H,4H2,1-3H3,(H2,21,22,23,24). The average Bonchev–Trinajstić information content (AvgIpc) is 2.61. The summed E-state index contributed by atoms with van der Waals surface area (Å²) in [6.45, 7) is 6.82. The Labute approximate surface area is 148 Å². The van der Waals surface area contributed by atoms with Gasteiger partial charge < -0.3 is 15.4 Å². The second-order valence-electron chi connectivity index (χ2n) is 5.79. The summed E-state index contributed by atoms with van der Waals surface area (Å²) in [7, 11) is 0. The normalized spacial score (nSPS) is 10.4. The molecule has 0 aliphatic rings. The molecule has 0 spiro atoms. The highest BCUT2D eigenvalue weighted by molar-refractivity contribution is 5.63. The number of benzene rings is 2. The van der Waals surface area contributed by atoms with Gasteiger partial charge in [0.1, 0.15) is 23.7 Å². The average molecular weight is 334 g/mol. The zero-order valence-electron chi connectivity index (χ0n) is 14.7. The lowest BCUT2D eigenvalue weighted by atomic mass is 10.1. The quantitative estimate of drug-likeness (QED) is 0.666. The number of nitrogens with zero attached hydrogens (tertiary/aromatic N) is 2. The molecule has 25 heavy (non-hydrogen) atoms. The largest absolute Gasteiger partial charge is 0.494 e. The molecule has 0 saturated heterocycles. The van der Waals surface area contributed by atoms with E-state index in [4.69, 9.17) is 4.74 Å². The van der Waals surface area contributed by atoms with Gasteiger partial charge in [0.05, 0.1) is 6.61 Å². The first-order chi connectivity index (χ1) is 12.1. The molecule has 0 bridgehead atoms. The van der Waals surface area contributed by atoms with Crippen LogP contribution in [0.4, 0.5) is 23.0 Å². The molecule has 2 aromatic carbocycles. The minimum absolute atomic E-state index is 0.659. The summed E-state index contributed by atoms with van der Waals surface area (Å²) >= 11 is 0. The number of anilines is 4. The molecule has 0 fully saturated rings. The Bertz CT molecular complexity index is 847. The number of rotatable bonds is 6. The lowest BCUT2D eigenvalue weighted by Crippen LogP contribution is -1.99. The van der Waals surface area contributed by atoms with Crippen molar-refractivity contribution in [1.29, 1.82) is 0 Å². The van der Waals surface area contributed by atoms with E-state index in [0.717, 1.165) is 28.8 Å². The summed E-state index contributed by atoms with van der Waals surface area (Å²) in [6.07, 6.45) is 1.54. The Morgan fingerprint density at radius 2 is 1.44 bits per heavy atom. The molecule has 128 valence electrons. The molecule has 1 aromatic heterocycles. The van der Waals surface area contributed by atoms with Gasteiger partial charge in [-0.25, -0.2) is 9.97 Å². The van der Waals surface area contributed by atoms with Crippen molar-refractivity contribution in [3.8, 4) is 5.75 Å². The Morgan fingerprint density at radius 1 is 0.800 bits per heavy atom.